The molecule has 0 bridgehead atoms. The molecule has 0 saturated carbocycles. The first-order chi connectivity index (χ1) is 7.11. The Kier molecular flexibility index (Phi) is 4.82. The maximum atomic E-state index is 11.6. The van der Waals surface area contributed by atoms with Gasteiger partial charge in [-0.1, -0.05) is 19.1 Å². The summed E-state index contributed by atoms with van der Waals surface area (Å²) in [6, 6.07) is -0.0729. The molecule has 1 aliphatic rings. The van der Waals surface area contributed by atoms with Gasteiger partial charge in [-0.3, -0.25) is 4.79 Å². The molecule has 0 radical (unpaired) electrons. The van der Waals surface area contributed by atoms with Crippen molar-refractivity contribution in [1.29, 1.82) is 0 Å². The predicted molar refractivity (Wildman–Crippen MR) is 62.3 cm³/mol. The Bertz CT molecular complexity index is 236. The maximum absolute atomic E-state index is 11.6. The van der Waals surface area contributed by atoms with Crippen molar-refractivity contribution in [3.05, 3.63) is 12.2 Å². The number of hydrogen-bond acceptors (Lipinski definition) is 2. The van der Waals surface area contributed by atoms with Crippen LogP contribution in [0.1, 0.15) is 33.1 Å². The fourth-order valence-electron chi connectivity index (χ4n) is 1.69. The maximum Gasteiger partial charge on any atom is 0.224 e. The molecule has 3 atom stereocenters. The fraction of sp³-hybridized carbons (Fsp3) is 0.750. The third kappa shape index (κ3) is 4.04. The summed E-state index contributed by atoms with van der Waals surface area (Å²) in [5.74, 6) is 0.600. The summed E-state index contributed by atoms with van der Waals surface area (Å²) >= 11 is 0. The van der Waals surface area contributed by atoms with Crippen molar-refractivity contribution in [2.24, 2.45) is 17.6 Å². The van der Waals surface area contributed by atoms with Crippen LogP contribution < -0.4 is 11.1 Å². The van der Waals surface area contributed by atoms with Crippen LogP contribution in [0.25, 0.3) is 0 Å². The Morgan fingerprint density at radius 2 is 2.27 bits per heavy atom. The molecule has 3 nitrogen and oxygen atoms in total. The van der Waals surface area contributed by atoms with E-state index in [0.29, 0.717) is 5.92 Å². The molecule has 3 N–H and O–H groups in total. The molecule has 1 amide bonds. The van der Waals surface area contributed by atoms with Crippen molar-refractivity contribution < 1.29 is 4.79 Å². The number of amides is 1. The first kappa shape index (κ1) is 12.2. The molecule has 0 aromatic heterocycles. The number of nitrogens with two attached hydrogens (primary N) is 1. The van der Waals surface area contributed by atoms with E-state index >= 15 is 0 Å². The quantitative estimate of drug-likeness (QED) is 0.690. The van der Waals surface area contributed by atoms with Gasteiger partial charge in [0.05, 0.1) is 0 Å². The van der Waals surface area contributed by atoms with E-state index in [2.05, 4.69) is 17.5 Å². The lowest BCUT2D eigenvalue weighted by molar-refractivity contribution is -0.125. The zero-order valence-corrected chi connectivity index (χ0v) is 9.70. The molecule has 0 saturated heterocycles. The smallest absolute Gasteiger partial charge is 0.224 e. The number of rotatable bonds is 4. The predicted octanol–water partition coefficient (Wildman–Crippen LogP) is 1.44. The minimum absolute atomic E-state index is 0.0729. The Balaban J connectivity index is 2.24. The molecule has 1 rings (SSSR count). The van der Waals surface area contributed by atoms with Crippen LogP contribution in [0.5, 0.6) is 0 Å². The SMILES string of the molecule is CC(N)C(C)C(=O)NCC1CC=CCC1. The molecule has 0 fully saturated rings. The Hall–Kier alpha value is -0.830. The van der Waals surface area contributed by atoms with Gasteiger partial charge >= 0.3 is 0 Å². The lowest BCUT2D eigenvalue weighted by Gasteiger charge is -2.20. The largest absolute Gasteiger partial charge is 0.356 e. The van der Waals surface area contributed by atoms with Gasteiger partial charge in [-0.15, -0.1) is 0 Å². The van der Waals surface area contributed by atoms with Crippen molar-refractivity contribution in [3.63, 3.8) is 0 Å². The zero-order chi connectivity index (χ0) is 11.3. The second-order valence-electron chi connectivity index (χ2n) is 4.54. The first-order valence-corrected chi connectivity index (χ1v) is 5.79. The molecule has 0 spiro atoms. The second kappa shape index (κ2) is 5.91. The lowest BCUT2D eigenvalue weighted by atomic mass is 9.94. The van der Waals surface area contributed by atoms with Crippen molar-refractivity contribution in [2.45, 2.75) is 39.2 Å². The molecule has 1 aliphatic carbocycles. The summed E-state index contributed by atoms with van der Waals surface area (Å²) in [4.78, 5) is 11.6. The number of allylic oxidation sites excluding steroid dienone is 2. The molecule has 0 aliphatic heterocycles. The number of hydrogen-bond donors (Lipinski definition) is 2. The van der Waals surface area contributed by atoms with E-state index in [1.54, 1.807) is 0 Å². The summed E-state index contributed by atoms with van der Waals surface area (Å²) < 4.78 is 0. The molecule has 0 aromatic carbocycles. The van der Waals surface area contributed by atoms with Gasteiger partial charge in [0.15, 0.2) is 0 Å². The van der Waals surface area contributed by atoms with Gasteiger partial charge in [0.1, 0.15) is 0 Å². The number of carbonyl (C=O) groups is 1. The molecular weight excluding hydrogens is 188 g/mol. The highest BCUT2D eigenvalue weighted by molar-refractivity contribution is 5.78. The molecular formula is C12H22N2O. The van der Waals surface area contributed by atoms with E-state index in [0.717, 1.165) is 19.4 Å². The summed E-state index contributed by atoms with van der Waals surface area (Å²) in [6.45, 7) is 4.54. The highest BCUT2D eigenvalue weighted by atomic mass is 16.1. The van der Waals surface area contributed by atoms with Crippen molar-refractivity contribution in [1.82, 2.24) is 5.32 Å². The standard InChI is InChI=1S/C12H22N2O/c1-9(10(2)13)12(15)14-8-11-6-4-3-5-7-11/h3-4,9-11H,5-8,13H2,1-2H3,(H,14,15). The number of nitrogens with one attached hydrogen (secondary N) is 1. The second-order valence-corrected chi connectivity index (χ2v) is 4.54. The highest BCUT2D eigenvalue weighted by Crippen LogP contribution is 2.17. The highest BCUT2D eigenvalue weighted by Gasteiger charge is 2.18. The van der Waals surface area contributed by atoms with Crippen LogP contribution >= 0.6 is 0 Å². The van der Waals surface area contributed by atoms with E-state index in [-0.39, 0.29) is 17.9 Å². The van der Waals surface area contributed by atoms with E-state index in [1.807, 2.05) is 13.8 Å². The van der Waals surface area contributed by atoms with Crippen LogP contribution in [0.15, 0.2) is 12.2 Å². The van der Waals surface area contributed by atoms with Gasteiger partial charge in [0.25, 0.3) is 0 Å². The fourth-order valence-corrected chi connectivity index (χ4v) is 1.69. The molecule has 15 heavy (non-hydrogen) atoms. The van der Waals surface area contributed by atoms with E-state index in [1.165, 1.54) is 6.42 Å². The molecule has 3 unspecified atom stereocenters. The van der Waals surface area contributed by atoms with E-state index < -0.39 is 0 Å². The lowest BCUT2D eigenvalue weighted by Crippen LogP contribution is -2.40. The van der Waals surface area contributed by atoms with E-state index in [9.17, 15) is 4.79 Å². The van der Waals surface area contributed by atoms with Crippen LogP contribution in [-0.2, 0) is 4.79 Å². The van der Waals surface area contributed by atoms with Crippen molar-refractivity contribution >= 4 is 5.91 Å². The third-order valence-corrected chi connectivity index (χ3v) is 3.14. The first-order valence-electron chi connectivity index (χ1n) is 5.79. The summed E-state index contributed by atoms with van der Waals surface area (Å²) in [6.07, 6.45) is 7.83. The average molecular weight is 210 g/mol. The third-order valence-electron chi connectivity index (χ3n) is 3.14. The van der Waals surface area contributed by atoms with Gasteiger partial charge in [0.2, 0.25) is 5.91 Å². The Labute approximate surface area is 92.1 Å². The number of carbonyl (C=O) groups excluding carboxylic acids is 1. The van der Waals surface area contributed by atoms with Gasteiger partial charge < -0.3 is 11.1 Å². The topological polar surface area (TPSA) is 55.1 Å². The normalized spacial score (nSPS) is 24.6. The molecule has 3 heteroatoms. The molecule has 0 heterocycles. The minimum atomic E-state index is -0.0934. The summed E-state index contributed by atoms with van der Waals surface area (Å²) in [5, 5.41) is 2.98. The minimum Gasteiger partial charge on any atom is -0.356 e. The van der Waals surface area contributed by atoms with Crippen molar-refractivity contribution in [2.75, 3.05) is 6.54 Å². The van der Waals surface area contributed by atoms with Crippen LogP contribution in [0.2, 0.25) is 0 Å². The zero-order valence-electron chi connectivity index (χ0n) is 9.70. The average Bonchev–Trinajstić information content (AvgIpc) is 2.26. The van der Waals surface area contributed by atoms with Gasteiger partial charge in [0, 0.05) is 18.5 Å². The monoisotopic (exact) mass is 210 g/mol. The van der Waals surface area contributed by atoms with Crippen molar-refractivity contribution in [3.8, 4) is 0 Å². The van der Waals surface area contributed by atoms with Crippen LogP contribution in [-0.4, -0.2) is 18.5 Å². The molecule has 0 aromatic rings. The van der Waals surface area contributed by atoms with E-state index in [4.69, 9.17) is 5.73 Å². The van der Waals surface area contributed by atoms with Gasteiger partial charge in [-0.2, -0.15) is 0 Å². The molecule has 86 valence electrons. The summed E-state index contributed by atoms with van der Waals surface area (Å²) in [5.41, 5.74) is 5.67. The van der Waals surface area contributed by atoms with Gasteiger partial charge in [-0.25, -0.2) is 0 Å². The Morgan fingerprint density at radius 1 is 1.53 bits per heavy atom. The summed E-state index contributed by atoms with van der Waals surface area (Å²) in [7, 11) is 0. The van der Waals surface area contributed by atoms with Crippen LogP contribution in [0.3, 0.4) is 0 Å². The van der Waals surface area contributed by atoms with Crippen LogP contribution in [0, 0.1) is 11.8 Å². The Morgan fingerprint density at radius 3 is 2.80 bits per heavy atom. The van der Waals surface area contributed by atoms with Gasteiger partial charge in [-0.05, 0) is 32.1 Å². The van der Waals surface area contributed by atoms with Crippen LogP contribution in [0.4, 0.5) is 0 Å².